The van der Waals surface area contributed by atoms with Gasteiger partial charge in [-0.1, -0.05) is 19.1 Å². The van der Waals surface area contributed by atoms with Crippen LogP contribution in [0.25, 0.3) is 0 Å². The number of hydrogen-bond acceptors (Lipinski definition) is 5. The second kappa shape index (κ2) is 5.46. The summed E-state index contributed by atoms with van der Waals surface area (Å²) in [5.41, 5.74) is 0.848. The molecule has 0 N–H and O–H groups in total. The van der Waals surface area contributed by atoms with E-state index >= 15 is 0 Å². The average molecular weight is 305 g/mol. The lowest BCUT2D eigenvalue weighted by atomic mass is 10.0. The van der Waals surface area contributed by atoms with Crippen molar-refractivity contribution < 1.29 is 23.8 Å². The molecule has 2 heterocycles. The lowest BCUT2D eigenvalue weighted by Gasteiger charge is -2.30. The van der Waals surface area contributed by atoms with Crippen LogP contribution in [0.2, 0.25) is 0 Å². The van der Waals surface area contributed by atoms with Crippen LogP contribution < -0.4 is 0 Å². The molecule has 0 bridgehead atoms. The number of imide groups is 1. The van der Waals surface area contributed by atoms with Gasteiger partial charge < -0.3 is 14.2 Å². The first kappa shape index (κ1) is 15.1. The minimum absolute atomic E-state index is 0.0556. The summed E-state index contributed by atoms with van der Waals surface area (Å²) in [5, 5.41) is 0. The van der Waals surface area contributed by atoms with Crippen molar-refractivity contribution in [1.29, 1.82) is 0 Å². The third-order valence-corrected chi connectivity index (χ3v) is 4.31. The maximum absolute atomic E-state index is 12.4. The Morgan fingerprint density at radius 3 is 2.27 bits per heavy atom. The van der Waals surface area contributed by atoms with Gasteiger partial charge in [0.1, 0.15) is 0 Å². The average Bonchev–Trinajstić information content (AvgIpc) is 2.98. The number of hydrogen-bond donors (Lipinski definition) is 0. The molecular formula is C16H19NO5. The molecule has 2 amide bonds. The molecule has 6 heteroatoms. The lowest BCUT2D eigenvalue weighted by Crippen LogP contribution is -2.47. The first-order valence-electron chi connectivity index (χ1n) is 7.22. The second-order valence-corrected chi connectivity index (χ2v) is 5.76. The molecule has 0 aromatic heterocycles. The van der Waals surface area contributed by atoms with Crippen LogP contribution in [-0.4, -0.2) is 49.6 Å². The smallest absolute Gasteiger partial charge is 0.261 e. The van der Waals surface area contributed by atoms with Crippen molar-refractivity contribution in [2.24, 2.45) is 5.92 Å². The Bertz CT molecular complexity index is 581. The van der Waals surface area contributed by atoms with E-state index in [1.807, 2.05) is 6.92 Å². The Hall–Kier alpha value is -1.76. The molecular weight excluding hydrogens is 286 g/mol. The predicted molar refractivity (Wildman–Crippen MR) is 77.2 cm³/mol. The van der Waals surface area contributed by atoms with Crippen LogP contribution in [0.4, 0.5) is 0 Å². The minimum Gasteiger partial charge on any atom is -0.355 e. The number of ether oxygens (including phenoxy) is 3. The summed E-state index contributed by atoms with van der Waals surface area (Å²) >= 11 is 0. The van der Waals surface area contributed by atoms with Gasteiger partial charge in [-0.3, -0.25) is 14.5 Å². The van der Waals surface area contributed by atoms with E-state index in [0.717, 1.165) is 0 Å². The molecule has 2 aliphatic rings. The summed E-state index contributed by atoms with van der Waals surface area (Å²) in [5.74, 6) is -1.53. The molecule has 3 atom stereocenters. The predicted octanol–water partition coefficient (Wildman–Crippen LogP) is 1.65. The van der Waals surface area contributed by atoms with Gasteiger partial charge in [-0.25, -0.2) is 0 Å². The van der Waals surface area contributed by atoms with Crippen LogP contribution >= 0.6 is 0 Å². The van der Waals surface area contributed by atoms with Gasteiger partial charge in [-0.2, -0.15) is 0 Å². The number of amides is 2. The third kappa shape index (κ3) is 2.24. The van der Waals surface area contributed by atoms with E-state index in [1.165, 1.54) is 12.0 Å². The van der Waals surface area contributed by atoms with E-state index in [-0.39, 0.29) is 24.3 Å². The monoisotopic (exact) mass is 305 g/mol. The molecule has 0 saturated carbocycles. The van der Waals surface area contributed by atoms with E-state index in [2.05, 4.69) is 0 Å². The zero-order valence-corrected chi connectivity index (χ0v) is 12.9. The summed E-state index contributed by atoms with van der Waals surface area (Å²) in [7, 11) is 3.08. The van der Waals surface area contributed by atoms with Crippen LogP contribution in [0.5, 0.6) is 0 Å². The van der Waals surface area contributed by atoms with Crippen molar-refractivity contribution in [2.75, 3.05) is 20.8 Å². The van der Waals surface area contributed by atoms with Crippen molar-refractivity contribution in [2.45, 2.75) is 25.4 Å². The van der Waals surface area contributed by atoms with E-state index in [4.69, 9.17) is 14.2 Å². The number of benzene rings is 1. The molecule has 1 aromatic carbocycles. The van der Waals surface area contributed by atoms with E-state index in [1.54, 1.807) is 31.4 Å². The third-order valence-electron chi connectivity index (χ3n) is 4.31. The highest BCUT2D eigenvalue weighted by molar-refractivity contribution is 6.21. The van der Waals surface area contributed by atoms with Crippen LogP contribution in [0.1, 0.15) is 34.1 Å². The molecule has 0 aliphatic carbocycles. The lowest BCUT2D eigenvalue weighted by molar-refractivity contribution is -0.259. The molecule has 22 heavy (non-hydrogen) atoms. The second-order valence-electron chi connectivity index (χ2n) is 5.76. The van der Waals surface area contributed by atoms with E-state index in [9.17, 15) is 9.59 Å². The van der Waals surface area contributed by atoms with Gasteiger partial charge in [-0.05, 0) is 12.1 Å². The zero-order chi connectivity index (χ0) is 15.9. The summed E-state index contributed by atoms with van der Waals surface area (Å²) in [6.45, 7) is 2.04. The fourth-order valence-electron chi connectivity index (χ4n) is 3.16. The van der Waals surface area contributed by atoms with Gasteiger partial charge in [0.2, 0.25) is 0 Å². The van der Waals surface area contributed by atoms with Gasteiger partial charge in [0, 0.05) is 26.6 Å². The quantitative estimate of drug-likeness (QED) is 0.792. The highest BCUT2D eigenvalue weighted by Gasteiger charge is 2.49. The zero-order valence-electron chi connectivity index (χ0n) is 12.9. The van der Waals surface area contributed by atoms with Crippen molar-refractivity contribution >= 4 is 11.8 Å². The maximum Gasteiger partial charge on any atom is 0.261 e. The SMILES string of the molecule is COC1OC(CN2C(=O)c3ccccc3C2=O)(OC)CC1C. The molecule has 3 unspecified atom stereocenters. The summed E-state index contributed by atoms with van der Waals surface area (Å²) in [6.07, 6.45) is 0.144. The van der Waals surface area contributed by atoms with Gasteiger partial charge in [-0.15, -0.1) is 0 Å². The normalized spacial score (nSPS) is 31.0. The molecule has 6 nitrogen and oxygen atoms in total. The standard InChI is InChI=1S/C16H19NO5/c1-10-8-16(21-3,22-15(10)20-2)9-17-13(18)11-6-4-5-7-12(11)14(17)19/h4-7,10,15H,8-9H2,1-3H3. The fraction of sp³-hybridized carbons (Fsp3) is 0.500. The van der Waals surface area contributed by atoms with Crippen LogP contribution in [0.3, 0.4) is 0 Å². The fourth-order valence-corrected chi connectivity index (χ4v) is 3.16. The minimum atomic E-state index is -1.02. The summed E-state index contributed by atoms with van der Waals surface area (Å²) in [6, 6.07) is 6.81. The number of methoxy groups -OCH3 is 2. The highest BCUT2D eigenvalue weighted by Crippen LogP contribution is 2.38. The van der Waals surface area contributed by atoms with Gasteiger partial charge in [0.05, 0.1) is 17.7 Å². The van der Waals surface area contributed by atoms with E-state index in [0.29, 0.717) is 17.5 Å². The molecule has 118 valence electrons. The van der Waals surface area contributed by atoms with Gasteiger partial charge >= 0.3 is 0 Å². The number of fused-ring (bicyclic) bond motifs is 1. The molecule has 1 aromatic rings. The Labute approximate surface area is 128 Å². The van der Waals surface area contributed by atoms with E-state index < -0.39 is 12.1 Å². The molecule has 2 aliphatic heterocycles. The van der Waals surface area contributed by atoms with Crippen molar-refractivity contribution in [1.82, 2.24) is 4.90 Å². The molecule has 3 rings (SSSR count). The number of rotatable bonds is 4. The largest absolute Gasteiger partial charge is 0.355 e. The Kier molecular flexibility index (Phi) is 3.76. The Morgan fingerprint density at radius 2 is 1.82 bits per heavy atom. The molecule has 0 radical (unpaired) electrons. The van der Waals surface area contributed by atoms with Gasteiger partial charge in [0.25, 0.3) is 11.8 Å². The Morgan fingerprint density at radius 1 is 1.23 bits per heavy atom. The van der Waals surface area contributed by atoms with Crippen LogP contribution in [-0.2, 0) is 14.2 Å². The number of carbonyl (C=O) groups excluding carboxylic acids is 2. The molecule has 1 saturated heterocycles. The maximum atomic E-state index is 12.4. The molecule has 1 fully saturated rings. The topological polar surface area (TPSA) is 65.1 Å². The summed E-state index contributed by atoms with van der Waals surface area (Å²) < 4.78 is 16.6. The molecule has 0 spiro atoms. The first-order valence-corrected chi connectivity index (χ1v) is 7.22. The number of nitrogens with zero attached hydrogens (tertiary/aromatic N) is 1. The highest BCUT2D eigenvalue weighted by atomic mass is 16.8. The van der Waals surface area contributed by atoms with Crippen molar-refractivity contribution in [3.8, 4) is 0 Å². The summed E-state index contributed by atoms with van der Waals surface area (Å²) in [4.78, 5) is 26.1. The number of carbonyl (C=O) groups is 2. The van der Waals surface area contributed by atoms with Crippen molar-refractivity contribution in [3.05, 3.63) is 35.4 Å². The first-order chi connectivity index (χ1) is 10.5. The Balaban J connectivity index is 1.85. The van der Waals surface area contributed by atoms with Crippen LogP contribution in [0.15, 0.2) is 24.3 Å². The van der Waals surface area contributed by atoms with Crippen molar-refractivity contribution in [3.63, 3.8) is 0 Å². The van der Waals surface area contributed by atoms with Gasteiger partial charge in [0.15, 0.2) is 12.1 Å². The van der Waals surface area contributed by atoms with Crippen LogP contribution in [0, 0.1) is 5.92 Å².